The molecule has 1 aromatic carbocycles. The molecule has 1 aliphatic heterocycles. The van der Waals surface area contributed by atoms with Gasteiger partial charge in [-0.1, -0.05) is 0 Å². The highest BCUT2D eigenvalue weighted by Gasteiger charge is 2.25. The maximum absolute atomic E-state index is 13.0. The Morgan fingerprint density at radius 3 is 2.78 bits per heavy atom. The molecule has 1 N–H and O–H groups in total. The fourth-order valence-electron chi connectivity index (χ4n) is 4.10. The molecule has 4 aromatic rings. The van der Waals surface area contributed by atoms with Crippen molar-refractivity contribution in [2.24, 2.45) is 0 Å². The van der Waals surface area contributed by atoms with Gasteiger partial charge in [0.25, 0.3) is 5.56 Å². The zero-order valence-corrected chi connectivity index (χ0v) is 17.1. The first-order valence-corrected chi connectivity index (χ1v) is 10.3. The average molecular weight is 433 g/mol. The lowest BCUT2D eigenvalue weighted by atomic mass is 10.0. The molecule has 1 aliphatic rings. The number of carbonyl (C=O) groups is 1. The summed E-state index contributed by atoms with van der Waals surface area (Å²) in [5.41, 5.74) is 3.68. The number of rotatable bonds is 4. The van der Waals surface area contributed by atoms with Gasteiger partial charge in [0.05, 0.1) is 18.4 Å². The molecule has 0 bridgehead atoms. The van der Waals surface area contributed by atoms with Gasteiger partial charge >= 0.3 is 6.09 Å². The van der Waals surface area contributed by atoms with Gasteiger partial charge in [0.2, 0.25) is 0 Å². The van der Waals surface area contributed by atoms with E-state index in [4.69, 9.17) is 4.42 Å². The van der Waals surface area contributed by atoms with E-state index in [9.17, 15) is 19.1 Å². The van der Waals surface area contributed by atoms with Crippen molar-refractivity contribution < 1.29 is 18.7 Å². The van der Waals surface area contributed by atoms with Crippen molar-refractivity contribution in [3.8, 4) is 5.69 Å². The van der Waals surface area contributed by atoms with E-state index in [1.165, 1.54) is 17.2 Å². The number of furan rings is 1. The summed E-state index contributed by atoms with van der Waals surface area (Å²) in [6.45, 7) is 0.706. The summed E-state index contributed by atoms with van der Waals surface area (Å²) in [5.74, 6) is 0.427. The summed E-state index contributed by atoms with van der Waals surface area (Å²) in [6, 6.07) is 12.0. The number of pyridine rings is 2. The highest BCUT2D eigenvalue weighted by atomic mass is 19.1. The SMILES string of the molecule is O=C(O)N1CCc2oc3cc(-n4ccc(CCc5ccc(F)cn5)cc4=O)ccc3c2C1. The molecule has 0 radical (unpaired) electrons. The molecule has 0 spiro atoms. The number of hydrogen-bond acceptors (Lipinski definition) is 4. The summed E-state index contributed by atoms with van der Waals surface area (Å²) in [4.78, 5) is 29.5. The van der Waals surface area contributed by atoms with E-state index in [-0.39, 0.29) is 11.4 Å². The van der Waals surface area contributed by atoms with Crippen LogP contribution in [-0.4, -0.2) is 32.2 Å². The topological polar surface area (TPSA) is 88.6 Å². The van der Waals surface area contributed by atoms with Crippen LogP contribution in [0.1, 0.15) is 22.6 Å². The Bertz CT molecular complexity index is 1370. The molecule has 0 atom stereocenters. The minimum absolute atomic E-state index is 0.165. The van der Waals surface area contributed by atoms with E-state index in [2.05, 4.69) is 4.98 Å². The molecule has 32 heavy (non-hydrogen) atoms. The highest BCUT2D eigenvalue weighted by Crippen LogP contribution is 2.31. The van der Waals surface area contributed by atoms with Crippen molar-refractivity contribution in [3.05, 3.63) is 93.6 Å². The van der Waals surface area contributed by atoms with E-state index in [1.807, 2.05) is 24.3 Å². The lowest BCUT2D eigenvalue weighted by molar-refractivity contribution is 0.138. The van der Waals surface area contributed by atoms with Crippen molar-refractivity contribution in [2.75, 3.05) is 6.54 Å². The first-order chi connectivity index (χ1) is 15.5. The Morgan fingerprint density at radius 2 is 2.03 bits per heavy atom. The normalized spacial score (nSPS) is 13.3. The third kappa shape index (κ3) is 3.75. The van der Waals surface area contributed by atoms with Crippen LogP contribution in [0.5, 0.6) is 0 Å². The van der Waals surface area contributed by atoms with Gasteiger partial charge in [-0.2, -0.15) is 0 Å². The summed E-state index contributed by atoms with van der Waals surface area (Å²) >= 11 is 0. The van der Waals surface area contributed by atoms with Crippen LogP contribution in [0.3, 0.4) is 0 Å². The number of benzene rings is 1. The van der Waals surface area contributed by atoms with Gasteiger partial charge in [-0.15, -0.1) is 0 Å². The lowest BCUT2D eigenvalue weighted by Crippen LogP contribution is -2.34. The molecule has 7 nitrogen and oxygen atoms in total. The monoisotopic (exact) mass is 433 g/mol. The number of aromatic nitrogens is 2. The largest absolute Gasteiger partial charge is 0.465 e. The van der Waals surface area contributed by atoms with Gasteiger partial charge in [-0.3, -0.25) is 14.3 Å². The van der Waals surface area contributed by atoms with Crippen LogP contribution in [-0.2, 0) is 25.8 Å². The van der Waals surface area contributed by atoms with E-state index in [0.717, 1.165) is 28.0 Å². The third-order valence-corrected chi connectivity index (χ3v) is 5.81. The van der Waals surface area contributed by atoms with Gasteiger partial charge in [-0.25, -0.2) is 9.18 Å². The number of nitrogens with zero attached hydrogens (tertiary/aromatic N) is 3. The molecular formula is C24H20FN3O4. The van der Waals surface area contributed by atoms with Gasteiger partial charge in [0.1, 0.15) is 17.2 Å². The molecule has 4 heterocycles. The van der Waals surface area contributed by atoms with Crippen molar-refractivity contribution in [1.82, 2.24) is 14.5 Å². The number of hydrogen-bond donors (Lipinski definition) is 1. The van der Waals surface area contributed by atoms with Crippen LogP contribution in [0.2, 0.25) is 0 Å². The maximum atomic E-state index is 13.0. The standard InChI is InChI=1S/C24H20FN3O4/c25-16-2-4-17(26-13-16)3-1-15-7-10-28(23(29)11-15)18-5-6-19-20-14-27(24(30)31)9-8-21(20)32-22(19)12-18/h2,4-7,10-13H,1,3,8-9,14H2,(H,30,31). The van der Waals surface area contributed by atoms with E-state index in [0.29, 0.717) is 43.6 Å². The Hall–Kier alpha value is -3.94. The summed E-state index contributed by atoms with van der Waals surface area (Å²) in [5, 5.41) is 10.1. The van der Waals surface area contributed by atoms with Gasteiger partial charge in [0, 0.05) is 47.9 Å². The van der Waals surface area contributed by atoms with Crippen LogP contribution in [0.4, 0.5) is 9.18 Å². The Morgan fingerprint density at radius 1 is 1.16 bits per heavy atom. The van der Waals surface area contributed by atoms with Crippen LogP contribution in [0.15, 0.2) is 64.1 Å². The average Bonchev–Trinajstić information content (AvgIpc) is 3.15. The van der Waals surface area contributed by atoms with Gasteiger partial charge in [-0.05, 0) is 48.7 Å². The van der Waals surface area contributed by atoms with Crippen molar-refractivity contribution >= 4 is 17.1 Å². The fraction of sp³-hybridized carbons (Fsp3) is 0.208. The van der Waals surface area contributed by atoms with E-state index in [1.54, 1.807) is 22.9 Å². The molecule has 3 aromatic heterocycles. The van der Waals surface area contributed by atoms with E-state index >= 15 is 0 Å². The van der Waals surface area contributed by atoms with Gasteiger partial charge < -0.3 is 14.4 Å². The molecular weight excluding hydrogens is 413 g/mol. The van der Waals surface area contributed by atoms with Crippen molar-refractivity contribution in [2.45, 2.75) is 25.8 Å². The van der Waals surface area contributed by atoms with Crippen LogP contribution >= 0.6 is 0 Å². The zero-order valence-electron chi connectivity index (χ0n) is 17.1. The molecule has 0 unspecified atom stereocenters. The molecule has 0 fully saturated rings. The Kier molecular flexibility index (Phi) is 4.97. The number of amides is 1. The van der Waals surface area contributed by atoms with Gasteiger partial charge in [0.15, 0.2) is 0 Å². The molecule has 5 rings (SSSR count). The van der Waals surface area contributed by atoms with E-state index < -0.39 is 6.09 Å². The predicted octanol–water partition coefficient (Wildman–Crippen LogP) is 3.94. The van der Waals surface area contributed by atoms with Crippen LogP contribution < -0.4 is 5.56 Å². The second-order valence-electron chi connectivity index (χ2n) is 7.85. The molecule has 0 saturated carbocycles. The molecule has 8 heteroatoms. The first-order valence-electron chi connectivity index (χ1n) is 10.3. The minimum atomic E-state index is -0.941. The molecule has 0 saturated heterocycles. The first kappa shape index (κ1) is 20.0. The smallest absolute Gasteiger partial charge is 0.407 e. The molecule has 162 valence electrons. The maximum Gasteiger partial charge on any atom is 0.407 e. The lowest BCUT2D eigenvalue weighted by Gasteiger charge is -2.23. The Labute approximate surface area is 182 Å². The number of aryl methyl sites for hydroxylation is 2. The third-order valence-electron chi connectivity index (χ3n) is 5.81. The second kappa shape index (κ2) is 7.96. The van der Waals surface area contributed by atoms with Crippen LogP contribution in [0, 0.1) is 5.82 Å². The zero-order chi connectivity index (χ0) is 22.2. The Balaban J connectivity index is 1.38. The fourth-order valence-corrected chi connectivity index (χ4v) is 4.10. The quantitative estimate of drug-likeness (QED) is 0.527. The summed E-state index contributed by atoms with van der Waals surface area (Å²) < 4.78 is 20.5. The minimum Gasteiger partial charge on any atom is -0.465 e. The molecule has 0 aliphatic carbocycles. The summed E-state index contributed by atoms with van der Waals surface area (Å²) in [6.07, 6.45) is 3.74. The van der Waals surface area contributed by atoms with Crippen molar-refractivity contribution in [1.29, 1.82) is 0 Å². The van der Waals surface area contributed by atoms with Crippen molar-refractivity contribution in [3.63, 3.8) is 0 Å². The predicted molar refractivity (Wildman–Crippen MR) is 116 cm³/mol. The molecule has 1 amide bonds. The number of halogens is 1. The summed E-state index contributed by atoms with van der Waals surface area (Å²) in [7, 11) is 0. The number of fused-ring (bicyclic) bond motifs is 3. The number of carboxylic acid groups (broad SMARTS) is 1. The van der Waals surface area contributed by atoms with Crippen LogP contribution in [0.25, 0.3) is 16.7 Å². The highest BCUT2D eigenvalue weighted by molar-refractivity contribution is 5.85. The second-order valence-corrected chi connectivity index (χ2v) is 7.85.